The number of rotatable bonds is 10. The first-order chi connectivity index (χ1) is 16.3. The van der Waals surface area contributed by atoms with Gasteiger partial charge in [0.05, 0.1) is 4.47 Å². The van der Waals surface area contributed by atoms with Crippen LogP contribution in [0.15, 0.2) is 65.1 Å². The van der Waals surface area contributed by atoms with Gasteiger partial charge in [-0.3, -0.25) is 9.59 Å². The van der Waals surface area contributed by atoms with E-state index in [0.717, 1.165) is 20.8 Å². The summed E-state index contributed by atoms with van der Waals surface area (Å²) in [6, 6.07) is 18.4. The van der Waals surface area contributed by atoms with E-state index in [0.29, 0.717) is 29.7 Å². The molecule has 0 bridgehead atoms. The molecule has 0 aliphatic heterocycles. The maximum atomic E-state index is 13.4. The molecule has 3 aromatic rings. The maximum absolute atomic E-state index is 13.4. The Bertz CT molecular complexity index is 1130. The molecular formula is C27H30BrClN2O3. The number of carbonyl (C=O) groups is 2. The predicted molar refractivity (Wildman–Crippen MR) is 141 cm³/mol. The molecule has 0 aromatic heterocycles. The summed E-state index contributed by atoms with van der Waals surface area (Å²) in [5.41, 5.74) is 0.889. The van der Waals surface area contributed by atoms with Crippen molar-refractivity contribution in [3.05, 3.63) is 75.7 Å². The van der Waals surface area contributed by atoms with Gasteiger partial charge in [-0.15, -0.1) is 0 Å². The molecule has 0 saturated heterocycles. The fourth-order valence-electron chi connectivity index (χ4n) is 3.68. The first kappa shape index (κ1) is 26.0. The zero-order chi connectivity index (χ0) is 24.7. The van der Waals surface area contributed by atoms with Crippen molar-refractivity contribution in [1.29, 1.82) is 0 Å². The summed E-state index contributed by atoms with van der Waals surface area (Å²) in [5.74, 6) is 0.471. The van der Waals surface area contributed by atoms with Crippen LogP contribution >= 0.6 is 27.5 Å². The van der Waals surface area contributed by atoms with Crippen molar-refractivity contribution in [3.8, 4) is 5.75 Å². The molecule has 1 atom stereocenters. The van der Waals surface area contributed by atoms with Crippen LogP contribution in [0.1, 0.15) is 32.8 Å². The van der Waals surface area contributed by atoms with Gasteiger partial charge in [-0.1, -0.05) is 74.8 Å². The third-order valence-corrected chi connectivity index (χ3v) is 6.59. The van der Waals surface area contributed by atoms with Crippen LogP contribution in [0, 0.1) is 5.92 Å². The minimum Gasteiger partial charge on any atom is -0.483 e. The molecule has 3 aromatic carbocycles. The molecule has 5 nitrogen and oxygen atoms in total. The van der Waals surface area contributed by atoms with Gasteiger partial charge in [0, 0.05) is 18.1 Å². The topological polar surface area (TPSA) is 58.6 Å². The summed E-state index contributed by atoms with van der Waals surface area (Å²) >= 11 is 9.63. The SMILES string of the molecule is CCC(C(=O)NCC(C)C)N(Cc1ccc(Cl)cc1)C(=O)COc1ccc2ccccc2c1Br. The third-order valence-electron chi connectivity index (χ3n) is 5.52. The second-order valence-corrected chi connectivity index (χ2v) is 9.83. The molecule has 180 valence electrons. The molecule has 0 spiro atoms. The number of hydrogen-bond donors (Lipinski definition) is 1. The van der Waals surface area contributed by atoms with E-state index >= 15 is 0 Å². The van der Waals surface area contributed by atoms with Crippen molar-refractivity contribution in [3.63, 3.8) is 0 Å². The van der Waals surface area contributed by atoms with Gasteiger partial charge < -0.3 is 15.0 Å². The number of fused-ring (bicyclic) bond motifs is 1. The van der Waals surface area contributed by atoms with Gasteiger partial charge in [0.1, 0.15) is 11.8 Å². The molecule has 0 radical (unpaired) electrons. The average Bonchev–Trinajstić information content (AvgIpc) is 2.83. The van der Waals surface area contributed by atoms with Crippen molar-refractivity contribution in [2.45, 2.75) is 39.8 Å². The monoisotopic (exact) mass is 544 g/mol. The number of hydrogen-bond acceptors (Lipinski definition) is 3. The van der Waals surface area contributed by atoms with Crippen LogP contribution in [-0.4, -0.2) is 35.9 Å². The number of nitrogens with one attached hydrogen (secondary N) is 1. The Morgan fingerprint density at radius 1 is 1.06 bits per heavy atom. The summed E-state index contributed by atoms with van der Waals surface area (Å²) in [7, 11) is 0. The number of ether oxygens (including phenoxy) is 1. The van der Waals surface area contributed by atoms with Crippen LogP contribution in [0.2, 0.25) is 5.02 Å². The van der Waals surface area contributed by atoms with E-state index in [1.54, 1.807) is 17.0 Å². The number of amides is 2. The first-order valence-corrected chi connectivity index (χ1v) is 12.6. The van der Waals surface area contributed by atoms with E-state index in [1.165, 1.54) is 0 Å². The highest BCUT2D eigenvalue weighted by Crippen LogP contribution is 2.33. The predicted octanol–water partition coefficient (Wildman–Crippen LogP) is 6.21. The molecule has 34 heavy (non-hydrogen) atoms. The number of nitrogens with zero attached hydrogens (tertiary/aromatic N) is 1. The summed E-state index contributed by atoms with van der Waals surface area (Å²) in [4.78, 5) is 27.9. The second-order valence-electron chi connectivity index (χ2n) is 8.60. The fourth-order valence-corrected chi connectivity index (χ4v) is 4.41. The van der Waals surface area contributed by atoms with Gasteiger partial charge in [-0.05, 0) is 62.8 Å². The van der Waals surface area contributed by atoms with E-state index in [9.17, 15) is 9.59 Å². The molecule has 1 unspecified atom stereocenters. The van der Waals surface area contributed by atoms with Gasteiger partial charge in [-0.25, -0.2) is 0 Å². The summed E-state index contributed by atoms with van der Waals surface area (Å²) < 4.78 is 6.72. The van der Waals surface area contributed by atoms with Gasteiger partial charge >= 0.3 is 0 Å². The molecule has 7 heteroatoms. The molecule has 1 N–H and O–H groups in total. The highest BCUT2D eigenvalue weighted by atomic mass is 79.9. The summed E-state index contributed by atoms with van der Waals surface area (Å²) in [5, 5.41) is 5.66. The minimum atomic E-state index is -0.606. The Balaban J connectivity index is 1.81. The van der Waals surface area contributed by atoms with Crippen LogP contribution in [-0.2, 0) is 16.1 Å². The van der Waals surface area contributed by atoms with Crippen LogP contribution in [0.25, 0.3) is 10.8 Å². The van der Waals surface area contributed by atoms with E-state index in [4.69, 9.17) is 16.3 Å². The molecule has 3 rings (SSSR count). The first-order valence-electron chi connectivity index (χ1n) is 11.4. The van der Waals surface area contributed by atoms with Gasteiger partial charge in [0.2, 0.25) is 5.91 Å². The Morgan fingerprint density at radius 2 is 1.76 bits per heavy atom. The molecule has 0 aliphatic carbocycles. The molecule has 2 amide bonds. The highest BCUT2D eigenvalue weighted by molar-refractivity contribution is 9.10. The third kappa shape index (κ3) is 6.73. The van der Waals surface area contributed by atoms with Crippen LogP contribution in [0.5, 0.6) is 5.75 Å². The minimum absolute atomic E-state index is 0.162. The van der Waals surface area contributed by atoms with Gasteiger partial charge in [0.25, 0.3) is 5.91 Å². The quantitative estimate of drug-likeness (QED) is 0.329. The van der Waals surface area contributed by atoms with Gasteiger partial charge in [0.15, 0.2) is 6.61 Å². The highest BCUT2D eigenvalue weighted by Gasteiger charge is 2.29. The lowest BCUT2D eigenvalue weighted by molar-refractivity contribution is -0.143. The van der Waals surface area contributed by atoms with Gasteiger partial charge in [-0.2, -0.15) is 0 Å². The number of carbonyl (C=O) groups excluding carboxylic acids is 2. The Morgan fingerprint density at radius 3 is 2.44 bits per heavy atom. The largest absolute Gasteiger partial charge is 0.483 e. The lowest BCUT2D eigenvalue weighted by atomic mass is 10.1. The normalized spacial score (nSPS) is 11.9. The molecular weight excluding hydrogens is 516 g/mol. The van der Waals surface area contributed by atoms with E-state index in [1.807, 2.05) is 69.3 Å². The Labute approximate surface area is 214 Å². The smallest absolute Gasteiger partial charge is 0.261 e. The standard InChI is InChI=1S/C27H30BrClN2O3/c1-4-23(27(33)30-15-18(2)3)31(16-19-9-12-21(29)13-10-19)25(32)17-34-24-14-11-20-7-5-6-8-22(20)26(24)28/h5-14,18,23H,4,15-17H2,1-3H3,(H,30,33). The zero-order valence-electron chi connectivity index (χ0n) is 19.7. The molecule has 0 fully saturated rings. The second kappa shape index (κ2) is 12.2. The van der Waals surface area contributed by atoms with Crippen LogP contribution < -0.4 is 10.1 Å². The Kier molecular flexibility index (Phi) is 9.36. The maximum Gasteiger partial charge on any atom is 0.261 e. The lowest BCUT2D eigenvalue weighted by Gasteiger charge is -2.31. The Hall–Kier alpha value is -2.57. The number of benzene rings is 3. The van der Waals surface area contributed by atoms with Crippen LogP contribution in [0.4, 0.5) is 0 Å². The molecule has 0 aliphatic rings. The molecule has 0 heterocycles. The van der Waals surface area contributed by atoms with Crippen molar-refractivity contribution in [1.82, 2.24) is 10.2 Å². The van der Waals surface area contributed by atoms with E-state index < -0.39 is 6.04 Å². The summed E-state index contributed by atoms with van der Waals surface area (Å²) in [6.07, 6.45) is 0.489. The van der Waals surface area contributed by atoms with Crippen molar-refractivity contribution < 1.29 is 14.3 Å². The van der Waals surface area contributed by atoms with E-state index in [-0.39, 0.29) is 25.0 Å². The zero-order valence-corrected chi connectivity index (χ0v) is 22.0. The van der Waals surface area contributed by atoms with Crippen molar-refractivity contribution >= 4 is 50.1 Å². The fraction of sp³-hybridized carbons (Fsp3) is 0.333. The number of halogens is 2. The van der Waals surface area contributed by atoms with Crippen molar-refractivity contribution in [2.24, 2.45) is 5.92 Å². The lowest BCUT2D eigenvalue weighted by Crippen LogP contribution is -2.50. The molecule has 0 saturated carbocycles. The van der Waals surface area contributed by atoms with E-state index in [2.05, 4.69) is 21.2 Å². The average molecular weight is 546 g/mol. The van der Waals surface area contributed by atoms with Crippen LogP contribution in [0.3, 0.4) is 0 Å². The van der Waals surface area contributed by atoms with Crippen molar-refractivity contribution in [2.75, 3.05) is 13.2 Å². The summed E-state index contributed by atoms with van der Waals surface area (Å²) in [6.45, 7) is 6.63.